The van der Waals surface area contributed by atoms with E-state index in [1.54, 1.807) is 7.11 Å². The van der Waals surface area contributed by atoms with E-state index in [0.29, 0.717) is 41.4 Å². The van der Waals surface area contributed by atoms with Gasteiger partial charge in [-0.05, 0) is 54.8 Å². The molecule has 6 N–H and O–H groups in total. The molecule has 0 saturated carbocycles. The zero-order chi connectivity index (χ0) is 31.0. The van der Waals surface area contributed by atoms with Crippen molar-refractivity contribution in [3.05, 3.63) is 42.0 Å². The third-order valence-electron chi connectivity index (χ3n) is 7.96. The largest absolute Gasteiger partial charge is 0.493 e. The van der Waals surface area contributed by atoms with Crippen LogP contribution in [0, 0.1) is 0 Å². The Morgan fingerprint density at radius 1 is 0.818 bits per heavy atom. The van der Waals surface area contributed by atoms with E-state index in [1.807, 2.05) is 36.4 Å². The zero-order valence-electron chi connectivity index (χ0n) is 23.9. The van der Waals surface area contributed by atoms with Gasteiger partial charge < -0.3 is 68.2 Å². The fourth-order valence-electron chi connectivity index (χ4n) is 5.45. The van der Waals surface area contributed by atoms with Gasteiger partial charge in [-0.3, -0.25) is 0 Å². The molecule has 1 aromatic heterocycles. The fourth-order valence-corrected chi connectivity index (χ4v) is 5.45. The number of furan rings is 1. The van der Waals surface area contributed by atoms with Gasteiger partial charge in [-0.25, -0.2) is 0 Å². The summed E-state index contributed by atoms with van der Waals surface area (Å²) < 4.78 is 44.6. The minimum absolute atomic E-state index is 0.154. The molecular weight excluding hydrogens is 584 g/mol. The third-order valence-corrected chi connectivity index (χ3v) is 7.96. The maximum Gasteiger partial charge on any atom is 0.231 e. The number of aryl methyl sites for hydroxylation is 1. The van der Waals surface area contributed by atoms with Gasteiger partial charge in [0.2, 0.25) is 6.79 Å². The molecule has 9 unspecified atom stereocenters. The van der Waals surface area contributed by atoms with Gasteiger partial charge in [0.1, 0.15) is 48.5 Å². The summed E-state index contributed by atoms with van der Waals surface area (Å²) in [5.41, 5.74) is 2.40. The average molecular weight is 621 g/mol. The van der Waals surface area contributed by atoms with E-state index in [2.05, 4.69) is 0 Å². The third kappa shape index (κ3) is 6.23. The first-order chi connectivity index (χ1) is 21.2. The normalized spacial score (nSPS) is 31.8. The summed E-state index contributed by atoms with van der Waals surface area (Å²) >= 11 is 0. The van der Waals surface area contributed by atoms with Crippen molar-refractivity contribution in [2.75, 3.05) is 33.7 Å². The predicted octanol–water partition coefficient (Wildman–Crippen LogP) is 0.0495. The molecule has 44 heavy (non-hydrogen) atoms. The summed E-state index contributed by atoms with van der Waals surface area (Å²) in [5.74, 6) is 2.56. The molecule has 3 aromatic rings. The summed E-state index contributed by atoms with van der Waals surface area (Å²) in [6.45, 7) is -0.276. The molecule has 2 fully saturated rings. The van der Waals surface area contributed by atoms with Crippen LogP contribution >= 0.6 is 0 Å². The molecule has 0 radical (unpaired) electrons. The molecule has 0 aliphatic carbocycles. The van der Waals surface area contributed by atoms with Crippen molar-refractivity contribution in [2.24, 2.45) is 0 Å². The van der Waals surface area contributed by atoms with Crippen molar-refractivity contribution < 1.29 is 68.2 Å². The molecule has 2 aromatic carbocycles. The van der Waals surface area contributed by atoms with E-state index in [-0.39, 0.29) is 26.6 Å². The Labute approximate surface area is 251 Å². The number of fused-ring (bicyclic) bond motifs is 2. The number of rotatable bonds is 10. The summed E-state index contributed by atoms with van der Waals surface area (Å²) in [6.07, 6.45) is -11.5. The van der Waals surface area contributed by atoms with Crippen LogP contribution in [0.25, 0.3) is 22.3 Å². The predicted molar refractivity (Wildman–Crippen MR) is 149 cm³/mol. The first kappa shape index (κ1) is 31.0. The Morgan fingerprint density at radius 3 is 2.43 bits per heavy atom. The van der Waals surface area contributed by atoms with Crippen molar-refractivity contribution in [1.29, 1.82) is 0 Å². The highest BCUT2D eigenvalue weighted by Crippen LogP contribution is 2.39. The molecule has 14 heteroatoms. The van der Waals surface area contributed by atoms with Gasteiger partial charge in [-0.15, -0.1) is 0 Å². The van der Waals surface area contributed by atoms with Crippen molar-refractivity contribution in [3.63, 3.8) is 0 Å². The molecule has 0 amide bonds. The Hall–Kier alpha value is -3.02. The Balaban J connectivity index is 1.05. The quantitative estimate of drug-likeness (QED) is 0.166. The second kappa shape index (κ2) is 13.1. The molecule has 4 heterocycles. The number of hydrogen-bond acceptors (Lipinski definition) is 14. The standard InChI is InChI=1S/C30H36O14/c1-37-21-8-14(7-16-10-19(43-28(16)21)15-4-5-18-20(9-15)42-13-41-18)3-2-6-38-30-27(36)25(34)24(33)22(44-30)12-40-29-26(35)23(32)17(31)11-39-29/h4-5,7-10,17,22-27,29-36H,2-3,6,11-13H2,1H3. The molecule has 3 aliphatic rings. The Bertz CT molecular complexity index is 1430. The van der Waals surface area contributed by atoms with Gasteiger partial charge in [0.25, 0.3) is 0 Å². The number of hydrogen-bond donors (Lipinski definition) is 6. The minimum atomic E-state index is -1.58. The second-order valence-electron chi connectivity index (χ2n) is 11.0. The van der Waals surface area contributed by atoms with Crippen LogP contribution in [0.3, 0.4) is 0 Å². The number of benzene rings is 2. The fraction of sp³-hybridized carbons (Fsp3) is 0.533. The van der Waals surface area contributed by atoms with Crippen molar-refractivity contribution >= 4 is 11.0 Å². The highest BCUT2D eigenvalue weighted by molar-refractivity contribution is 5.88. The highest BCUT2D eigenvalue weighted by Gasteiger charge is 2.45. The molecule has 3 aliphatic heterocycles. The first-order valence-electron chi connectivity index (χ1n) is 14.3. The van der Waals surface area contributed by atoms with Gasteiger partial charge in [-0.2, -0.15) is 0 Å². The molecule has 2 saturated heterocycles. The molecular formula is C30H36O14. The van der Waals surface area contributed by atoms with Crippen molar-refractivity contribution in [2.45, 2.75) is 68.1 Å². The average Bonchev–Trinajstić information content (AvgIpc) is 3.68. The summed E-state index contributed by atoms with van der Waals surface area (Å²) in [5, 5.41) is 61.5. The number of ether oxygens (including phenoxy) is 7. The van der Waals surface area contributed by atoms with E-state index < -0.39 is 55.3 Å². The van der Waals surface area contributed by atoms with Crippen LogP contribution in [0.4, 0.5) is 0 Å². The molecule has 0 bridgehead atoms. The van der Waals surface area contributed by atoms with Crippen LogP contribution in [0.1, 0.15) is 12.0 Å². The topological polar surface area (TPSA) is 199 Å². The SMILES string of the molecule is COc1cc(CCCOC2OC(COC3OCC(O)C(O)C3O)C(O)C(O)C2O)cc2cc(-c3ccc4c(c3)OCO4)oc12. The molecule has 0 spiro atoms. The lowest BCUT2D eigenvalue weighted by atomic mass is 9.99. The van der Waals surface area contributed by atoms with Crippen molar-refractivity contribution in [3.8, 4) is 28.6 Å². The lowest BCUT2D eigenvalue weighted by Crippen LogP contribution is -2.60. The van der Waals surface area contributed by atoms with Gasteiger partial charge in [0.15, 0.2) is 35.4 Å². The summed E-state index contributed by atoms with van der Waals surface area (Å²) in [4.78, 5) is 0. The van der Waals surface area contributed by atoms with Crippen LogP contribution in [-0.4, -0.2) is 120 Å². The lowest BCUT2D eigenvalue weighted by Gasteiger charge is -2.41. The number of aliphatic hydroxyl groups is 6. The summed E-state index contributed by atoms with van der Waals surface area (Å²) in [7, 11) is 1.57. The monoisotopic (exact) mass is 620 g/mol. The maximum atomic E-state index is 10.4. The van der Waals surface area contributed by atoms with Crippen molar-refractivity contribution in [1.82, 2.24) is 0 Å². The minimum Gasteiger partial charge on any atom is -0.493 e. The summed E-state index contributed by atoms with van der Waals surface area (Å²) in [6, 6.07) is 11.4. The van der Waals surface area contributed by atoms with E-state index in [1.165, 1.54) is 0 Å². The van der Waals surface area contributed by atoms with Crippen LogP contribution in [-0.2, 0) is 25.4 Å². The molecule has 240 valence electrons. The number of methoxy groups -OCH3 is 1. The van der Waals surface area contributed by atoms with Gasteiger partial charge in [0, 0.05) is 10.9 Å². The Morgan fingerprint density at radius 2 is 1.61 bits per heavy atom. The maximum absolute atomic E-state index is 10.4. The smallest absolute Gasteiger partial charge is 0.231 e. The molecule has 6 rings (SSSR count). The Kier molecular flexibility index (Phi) is 9.26. The van der Waals surface area contributed by atoms with E-state index >= 15 is 0 Å². The second-order valence-corrected chi connectivity index (χ2v) is 11.0. The van der Waals surface area contributed by atoms with E-state index in [9.17, 15) is 30.6 Å². The lowest BCUT2D eigenvalue weighted by molar-refractivity contribution is -0.320. The molecule has 14 nitrogen and oxygen atoms in total. The zero-order valence-corrected chi connectivity index (χ0v) is 23.9. The molecule has 9 atom stereocenters. The van der Waals surface area contributed by atoms with Crippen LogP contribution in [0.5, 0.6) is 17.2 Å². The van der Waals surface area contributed by atoms with Crippen LogP contribution in [0.2, 0.25) is 0 Å². The first-order valence-corrected chi connectivity index (χ1v) is 14.3. The van der Waals surface area contributed by atoms with Crippen LogP contribution in [0.15, 0.2) is 40.8 Å². The highest BCUT2D eigenvalue weighted by atomic mass is 16.7. The number of aliphatic hydroxyl groups excluding tert-OH is 6. The van der Waals surface area contributed by atoms with Gasteiger partial charge in [-0.1, -0.05) is 0 Å². The van der Waals surface area contributed by atoms with E-state index in [4.69, 9.17) is 37.6 Å². The van der Waals surface area contributed by atoms with Crippen LogP contribution < -0.4 is 14.2 Å². The van der Waals surface area contributed by atoms with Gasteiger partial charge >= 0.3 is 0 Å². The van der Waals surface area contributed by atoms with E-state index in [0.717, 1.165) is 16.5 Å². The van der Waals surface area contributed by atoms with Gasteiger partial charge in [0.05, 0.1) is 26.9 Å².